The highest BCUT2D eigenvalue weighted by atomic mass is 127. The molecule has 1 atom stereocenters. The molecule has 0 aromatic heterocycles. The fourth-order valence-electron chi connectivity index (χ4n) is 3.92. The maximum absolute atomic E-state index is 12.3. The van der Waals surface area contributed by atoms with Crippen molar-refractivity contribution in [1.82, 2.24) is 25.3 Å². The van der Waals surface area contributed by atoms with Crippen molar-refractivity contribution in [3.05, 3.63) is 35.4 Å². The van der Waals surface area contributed by atoms with Gasteiger partial charge in [-0.1, -0.05) is 12.1 Å². The summed E-state index contributed by atoms with van der Waals surface area (Å²) in [6.07, 6.45) is 3.76. The Balaban J connectivity index is 0.00000544. The second-order valence-electron chi connectivity index (χ2n) is 8.62. The first-order chi connectivity index (χ1) is 15.3. The van der Waals surface area contributed by atoms with Gasteiger partial charge in [0.15, 0.2) is 5.96 Å². The van der Waals surface area contributed by atoms with Crippen LogP contribution in [-0.2, 0) is 11.2 Å². The molecule has 8 nitrogen and oxygen atoms in total. The van der Waals surface area contributed by atoms with E-state index in [2.05, 4.69) is 22.5 Å². The topological polar surface area (TPSA) is 80.3 Å². The third-order valence-corrected chi connectivity index (χ3v) is 5.59. The number of nitrogens with zero attached hydrogens (tertiary/aromatic N) is 4. The number of carbonyl (C=O) groups excluding carboxylic acids is 2. The lowest BCUT2D eigenvalue weighted by molar-refractivity contribution is -0.133. The van der Waals surface area contributed by atoms with Crippen molar-refractivity contribution < 1.29 is 9.59 Å². The molecule has 186 valence electrons. The molecule has 1 unspecified atom stereocenters. The van der Waals surface area contributed by atoms with Crippen molar-refractivity contribution in [1.29, 1.82) is 0 Å². The van der Waals surface area contributed by atoms with Crippen molar-refractivity contribution in [2.45, 2.75) is 38.6 Å². The van der Waals surface area contributed by atoms with Crippen LogP contribution in [0.5, 0.6) is 0 Å². The summed E-state index contributed by atoms with van der Waals surface area (Å²) < 4.78 is 0. The van der Waals surface area contributed by atoms with E-state index >= 15 is 0 Å². The first kappa shape index (κ1) is 29.2. The van der Waals surface area contributed by atoms with Crippen LogP contribution in [0, 0.1) is 0 Å². The molecule has 33 heavy (non-hydrogen) atoms. The van der Waals surface area contributed by atoms with Gasteiger partial charge in [0.25, 0.3) is 5.91 Å². The zero-order valence-corrected chi connectivity index (χ0v) is 23.1. The number of hydrogen-bond acceptors (Lipinski definition) is 4. The normalized spacial score (nSPS) is 16.2. The molecule has 1 aliphatic heterocycles. The molecule has 1 aliphatic rings. The molecular formula is C24H41IN6O2. The van der Waals surface area contributed by atoms with Gasteiger partial charge in [0.2, 0.25) is 5.91 Å². The van der Waals surface area contributed by atoms with Crippen LogP contribution in [0.1, 0.15) is 42.1 Å². The summed E-state index contributed by atoms with van der Waals surface area (Å²) in [4.78, 5) is 34.7. The van der Waals surface area contributed by atoms with E-state index in [1.54, 1.807) is 23.9 Å². The number of rotatable bonds is 10. The van der Waals surface area contributed by atoms with Gasteiger partial charge in [-0.2, -0.15) is 0 Å². The van der Waals surface area contributed by atoms with E-state index in [9.17, 15) is 9.59 Å². The van der Waals surface area contributed by atoms with Gasteiger partial charge < -0.3 is 20.4 Å². The van der Waals surface area contributed by atoms with E-state index in [-0.39, 0.29) is 41.8 Å². The lowest BCUT2D eigenvalue weighted by atomic mass is 10.1. The standard InChI is InChI=1S/C24H40N6O2.HI/c1-6-25-24(26-14-9-17-30-16-8-12-21(30)23(32)29(4)5)27-15-13-19-10-7-11-20(18-19)22(31)28(2)3;/h7,10-11,18,21H,6,8-9,12-17H2,1-5H3,(H2,25,26,27);1H. The molecule has 9 heteroatoms. The van der Waals surface area contributed by atoms with E-state index in [1.165, 1.54) is 0 Å². The smallest absolute Gasteiger partial charge is 0.253 e. The number of aliphatic imine (C=N–C) groups is 1. The van der Waals surface area contributed by atoms with Crippen molar-refractivity contribution in [3.8, 4) is 0 Å². The number of carbonyl (C=O) groups is 2. The maximum atomic E-state index is 12.3. The minimum absolute atomic E-state index is 0. The van der Waals surface area contributed by atoms with Gasteiger partial charge >= 0.3 is 0 Å². The predicted octanol–water partition coefficient (Wildman–Crippen LogP) is 2.05. The highest BCUT2D eigenvalue weighted by molar-refractivity contribution is 14.0. The van der Waals surface area contributed by atoms with E-state index < -0.39 is 0 Å². The average Bonchev–Trinajstić information content (AvgIpc) is 3.24. The van der Waals surface area contributed by atoms with Gasteiger partial charge in [-0.3, -0.25) is 19.5 Å². The Bertz CT molecular complexity index is 784. The molecule has 0 saturated carbocycles. The van der Waals surface area contributed by atoms with Gasteiger partial charge in [-0.25, -0.2) is 0 Å². The number of likely N-dealkylation sites (N-methyl/N-ethyl adjacent to an activating group) is 1. The molecule has 1 aromatic rings. The van der Waals surface area contributed by atoms with Crippen molar-refractivity contribution in [2.24, 2.45) is 4.99 Å². The number of nitrogens with one attached hydrogen (secondary N) is 2. The van der Waals surface area contributed by atoms with Crippen LogP contribution in [-0.4, -0.2) is 99.4 Å². The number of amides is 2. The molecule has 2 amide bonds. The molecule has 0 radical (unpaired) electrons. The first-order valence-corrected chi connectivity index (χ1v) is 11.6. The van der Waals surface area contributed by atoms with Crippen LogP contribution in [0.3, 0.4) is 0 Å². The lowest BCUT2D eigenvalue weighted by Gasteiger charge is -2.25. The van der Waals surface area contributed by atoms with Crippen LogP contribution < -0.4 is 10.6 Å². The van der Waals surface area contributed by atoms with Crippen LogP contribution in [0.25, 0.3) is 0 Å². The van der Waals surface area contributed by atoms with Crippen LogP contribution in [0.4, 0.5) is 0 Å². The largest absolute Gasteiger partial charge is 0.357 e. The van der Waals surface area contributed by atoms with Crippen LogP contribution in [0.2, 0.25) is 0 Å². The molecule has 1 aromatic carbocycles. The fraction of sp³-hybridized carbons (Fsp3) is 0.625. The minimum Gasteiger partial charge on any atom is -0.357 e. The molecule has 1 heterocycles. The highest BCUT2D eigenvalue weighted by Gasteiger charge is 2.30. The van der Waals surface area contributed by atoms with Crippen molar-refractivity contribution >= 4 is 41.8 Å². The van der Waals surface area contributed by atoms with Crippen molar-refractivity contribution in [3.63, 3.8) is 0 Å². The van der Waals surface area contributed by atoms with E-state index in [4.69, 9.17) is 4.99 Å². The highest BCUT2D eigenvalue weighted by Crippen LogP contribution is 2.18. The van der Waals surface area contributed by atoms with E-state index in [0.717, 1.165) is 63.4 Å². The second-order valence-corrected chi connectivity index (χ2v) is 8.62. The van der Waals surface area contributed by atoms with Crippen LogP contribution >= 0.6 is 24.0 Å². The number of guanidine groups is 1. The summed E-state index contributed by atoms with van der Waals surface area (Å²) in [6.45, 7) is 6.17. The zero-order chi connectivity index (χ0) is 23.5. The summed E-state index contributed by atoms with van der Waals surface area (Å²) in [5.74, 6) is 1.02. The molecule has 0 aliphatic carbocycles. The third kappa shape index (κ3) is 9.48. The Hall–Kier alpha value is -1.88. The Morgan fingerprint density at radius 3 is 2.58 bits per heavy atom. The van der Waals surface area contributed by atoms with Gasteiger partial charge in [0.1, 0.15) is 0 Å². The minimum atomic E-state index is 0. The Morgan fingerprint density at radius 1 is 1.15 bits per heavy atom. The second kappa shape index (κ2) is 15.1. The summed E-state index contributed by atoms with van der Waals surface area (Å²) in [5, 5.41) is 6.67. The summed E-state index contributed by atoms with van der Waals surface area (Å²) in [5.41, 5.74) is 1.83. The predicted molar refractivity (Wildman–Crippen MR) is 145 cm³/mol. The summed E-state index contributed by atoms with van der Waals surface area (Å²) in [7, 11) is 7.18. The van der Waals surface area contributed by atoms with E-state index in [1.807, 2.05) is 38.4 Å². The SMILES string of the molecule is CCNC(=NCCCN1CCCC1C(=O)N(C)C)NCCc1cccc(C(=O)N(C)C)c1.I. The number of benzene rings is 1. The molecule has 2 rings (SSSR count). The molecule has 1 saturated heterocycles. The van der Waals surface area contributed by atoms with Gasteiger partial charge in [0, 0.05) is 59.9 Å². The molecular weight excluding hydrogens is 531 g/mol. The number of hydrogen-bond donors (Lipinski definition) is 2. The van der Waals surface area contributed by atoms with Gasteiger partial charge in [0.05, 0.1) is 6.04 Å². The molecule has 1 fully saturated rings. The lowest BCUT2D eigenvalue weighted by Crippen LogP contribution is -2.43. The molecule has 0 bridgehead atoms. The van der Waals surface area contributed by atoms with Gasteiger partial charge in [-0.15, -0.1) is 24.0 Å². The third-order valence-electron chi connectivity index (χ3n) is 5.59. The summed E-state index contributed by atoms with van der Waals surface area (Å²) in [6, 6.07) is 7.80. The van der Waals surface area contributed by atoms with Crippen LogP contribution in [0.15, 0.2) is 29.3 Å². The van der Waals surface area contributed by atoms with Crippen molar-refractivity contribution in [2.75, 3.05) is 60.9 Å². The average molecular weight is 573 g/mol. The number of halogens is 1. The Labute approximate surface area is 216 Å². The first-order valence-electron chi connectivity index (χ1n) is 11.6. The molecule has 2 N–H and O–H groups in total. The zero-order valence-electron chi connectivity index (χ0n) is 20.8. The Kier molecular flexibility index (Phi) is 13.3. The molecule has 0 spiro atoms. The maximum Gasteiger partial charge on any atom is 0.253 e. The quantitative estimate of drug-likeness (QED) is 0.194. The summed E-state index contributed by atoms with van der Waals surface area (Å²) >= 11 is 0. The monoisotopic (exact) mass is 572 g/mol. The Morgan fingerprint density at radius 2 is 1.91 bits per heavy atom. The number of likely N-dealkylation sites (tertiary alicyclic amines) is 1. The van der Waals surface area contributed by atoms with Gasteiger partial charge in [-0.05, 0) is 56.8 Å². The fourth-order valence-corrected chi connectivity index (χ4v) is 3.92. The van der Waals surface area contributed by atoms with E-state index in [0.29, 0.717) is 12.1 Å².